The standard InChI is InChI=1S/C18H15ClFN3O3/c1-23(9-13-4-2-3-7-21-13)18(24)15-10-26-17(22-15)11-25-16-6-5-12(20)8-14(16)19/h2-8,10H,9,11H2,1H3. The molecular formula is C18H15ClFN3O3. The predicted octanol–water partition coefficient (Wildman–Crippen LogP) is 3.71. The molecule has 0 N–H and O–H groups in total. The molecule has 1 amide bonds. The van der Waals surface area contributed by atoms with Gasteiger partial charge in [-0.2, -0.15) is 0 Å². The fourth-order valence-corrected chi connectivity index (χ4v) is 2.43. The second-order valence-corrected chi connectivity index (χ2v) is 5.88. The number of carbonyl (C=O) groups is 1. The molecule has 26 heavy (non-hydrogen) atoms. The van der Waals surface area contributed by atoms with Crippen LogP contribution in [0.4, 0.5) is 4.39 Å². The summed E-state index contributed by atoms with van der Waals surface area (Å²) in [6.07, 6.45) is 2.93. The van der Waals surface area contributed by atoms with Gasteiger partial charge in [0.05, 0.1) is 17.3 Å². The van der Waals surface area contributed by atoms with Crippen molar-refractivity contribution in [3.8, 4) is 5.75 Å². The third kappa shape index (κ3) is 4.37. The molecule has 6 nitrogen and oxygen atoms in total. The van der Waals surface area contributed by atoms with Crippen molar-refractivity contribution in [1.29, 1.82) is 0 Å². The topological polar surface area (TPSA) is 68.5 Å². The van der Waals surface area contributed by atoms with E-state index in [1.54, 1.807) is 13.2 Å². The van der Waals surface area contributed by atoms with Crippen LogP contribution in [0, 0.1) is 5.82 Å². The molecule has 134 valence electrons. The molecule has 0 aliphatic heterocycles. The fourth-order valence-electron chi connectivity index (χ4n) is 2.21. The van der Waals surface area contributed by atoms with Crippen molar-refractivity contribution in [2.24, 2.45) is 0 Å². The fraction of sp³-hybridized carbons (Fsp3) is 0.167. The molecule has 3 rings (SSSR count). The lowest BCUT2D eigenvalue weighted by Gasteiger charge is -2.14. The van der Waals surface area contributed by atoms with Gasteiger partial charge in [0.15, 0.2) is 12.3 Å². The number of oxazole rings is 1. The molecule has 8 heteroatoms. The highest BCUT2D eigenvalue weighted by molar-refractivity contribution is 6.32. The number of hydrogen-bond acceptors (Lipinski definition) is 5. The first-order valence-electron chi connectivity index (χ1n) is 7.70. The molecular weight excluding hydrogens is 361 g/mol. The monoisotopic (exact) mass is 375 g/mol. The second kappa shape index (κ2) is 7.97. The van der Waals surface area contributed by atoms with Crippen molar-refractivity contribution in [3.63, 3.8) is 0 Å². The van der Waals surface area contributed by atoms with Crippen molar-refractivity contribution in [1.82, 2.24) is 14.9 Å². The van der Waals surface area contributed by atoms with E-state index in [2.05, 4.69) is 9.97 Å². The number of ether oxygens (including phenoxy) is 1. The van der Waals surface area contributed by atoms with Crippen LogP contribution in [0.2, 0.25) is 5.02 Å². The van der Waals surface area contributed by atoms with E-state index in [0.29, 0.717) is 12.3 Å². The first-order valence-corrected chi connectivity index (χ1v) is 8.08. The molecule has 0 aliphatic rings. The Bertz CT molecular complexity index is 902. The molecule has 0 unspecified atom stereocenters. The Morgan fingerprint density at radius 1 is 1.35 bits per heavy atom. The number of rotatable bonds is 6. The third-order valence-electron chi connectivity index (χ3n) is 3.49. The third-order valence-corrected chi connectivity index (χ3v) is 3.78. The average Bonchev–Trinajstić information content (AvgIpc) is 3.10. The number of amides is 1. The zero-order valence-electron chi connectivity index (χ0n) is 13.9. The minimum atomic E-state index is -0.456. The van der Waals surface area contributed by atoms with Crippen LogP contribution in [0.1, 0.15) is 22.1 Å². The maximum Gasteiger partial charge on any atom is 0.275 e. The molecule has 0 aliphatic carbocycles. The number of carbonyl (C=O) groups excluding carboxylic acids is 1. The van der Waals surface area contributed by atoms with Gasteiger partial charge in [0.25, 0.3) is 5.91 Å². The Morgan fingerprint density at radius 3 is 2.92 bits per heavy atom. The van der Waals surface area contributed by atoms with E-state index in [4.69, 9.17) is 20.8 Å². The van der Waals surface area contributed by atoms with Crippen LogP contribution in [-0.2, 0) is 13.2 Å². The van der Waals surface area contributed by atoms with Crippen molar-refractivity contribution < 1.29 is 18.3 Å². The lowest BCUT2D eigenvalue weighted by molar-refractivity contribution is 0.0777. The summed E-state index contributed by atoms with van der Waals surface area (Å²) in [5, 5.41) is 0.142. The van der Waals surface area contributed by atoms with Crippen LogP contribution >= 0.6 is 11.6 Å². The number of aromatic nitrogens is 2. The van der Waals surface area contributed by atoms with Gasteiger partial charge in [0.1, 0.15) is 17.8 Å². The summed E-state index contributed by atoms with van der Waals surface area (Å²) in [4.78, 5) is 22.2. The van der Waals surface area contributed by atoms with Gasteiger partial charge in [-0.3, -0.25) is 9.78 Å². The van der Waals surface area contributed by atoms with E-state index in [1.807, 2.05) is 18.2 Å². The Morgan fingerprint density at radius 2 is 2.19 bits per heavy atom. The summed E-state index contributed by atoms with van der Waals surface area (Å²) in [5.41, 5.74) is 0.925. The van der Waals surface area contributed by atoms with Gasteiger partial charge in [-0.15, -0.1) is 0 Å². The molecule has 3 aromatic rings. The van der Waals surface area contributed by atoms with Crippen molar-refractivity contribution in [2.75, 3.05) is 7.05 Å². The number of benzene rings is 1. The van der Waals surface area contributed by atoms with Crippen LogP contribution in [0.25, 0.3) is 0 Å². The molecule has 0 radical (unpaired) electrons. The highest BCUT2D eigenvalue weighted by Gasteiger charge is 2.17. The zero-order valence-corrected chi connectivity index (χ0v) is 14.6. The smallest absolute Gasteiger partial charge is 0.275 e. The minimum Gasteiger partial charge on any atom is -0.482 e. The maximum absolute atomic E-state index is 13.0. The Hall–Kier alpha value is -2.93. The number of halogens is 2. The lowest BCUT2D eigenvalue weighted by atomic mass is 10.3. The van der Waals surface area contributed by atoms with E-state index >= 15 is 0 Å². The van der Waals surface area contributed by atoms with Crippen LogP contribution < -0.4 is 4.74 Å². The van der Waals surface area contributed by atoms with E-state index in [-0.39, 0.29) is 29.1 Å². The molecule has 2 heterocycles. The number of hydrogen-bond donors (Lipinski definition) is 0. The molecule has 0 saturated carbocycles. The summed E-state index contributed by atoms with van der Waals surface area (Å²) < 4.78 is 23.7. The van der Waals surface area contributed by atoms with E-state index in [0.717, 1.165) is 11.8 Å². The zero-order chi connectivity index (χ0) is 18.5. The first-order chi connectivity index (χ1) is 12.5. The second-order valence-electron chi connectivity index (χ2n) is 5.47. The van der Waals surface area contributed by atoms with Gasteiger partial charge in [0.2, 0.25) is 5.89 Å². The molecule has 0 spiro atoms. The highest BCUT2D eigenvalue weighted by Crippen LogP contribution is 2.25. The first kappa shape index (κ1) is 17.9. The summed E-state index contributed by atoms with van der Waals surface area (Å²) in [5.74, 6) is -0.251. The minimum absolute atomic E-state index is 0.0391. The lowest BCUT2D eigenvalue weighted by Crippen LogP contribution is -2.26. The van der Waals surface area contributed by atoms with Crippen molar-refractivity contribution >= 4 is 17.5 Å². The predicted molar refractivity (Wildman–Crippen MR) is 92.3 cm³/mol. The van der Waals surface area contributed by atoms with E-state index < -0.39 is 5.82 Å². The molecule has 0 atom stereocenters. The van der Waals surface area contributed by atoms with Gasteiger partial charge in [0, 0.05) is 13.2 Å². The maximum atomic E-state index is 13.0. The largest absolute Gasteiger partial charge is 0.482 e. The van der Waals surface area contributed by atoms with Crippen molar-refractivity contribution in [3.05, 3.63) is 77.0 Å². The normalized spacial score (nSPS) is 10.6. The van der Waals surface area contributed by atoms with Crippen LogP contribution in [-0.4, -0.2) is 27.8 Å². The van der Waals surface area contributed by atoms with Gasteiger partial charge in [-0.1, -0.05) is 17.7 Å². The summed E-state index contributed by atoms with van der Waals surface area (Å²) >= 11 is 5.89. The molecule has 0 bridgehead atoms. The number of nitrogens with zero attached hydrogens (tertiary/aromatic N) is 3. The Kier molecular flexibility index (Phi) is 5.48. The van der Waals surface area contributed by atoms with Gasteiger partial charge < -0.3 is 14.1 Å². The Balaban J connectivity index is 1.60. The summed E-state index contributed by atoms with van der Waals surface area (Å²) in [6.45, 7) is 0.312. The summed E-state index contributed by atoms with van der Waals surface area (Å²) in [6, 6.07) is 9.28. The number of pyridine rings is 1. The van der Waals surface area contributed by atoms with E-state index in [9.17, 15) is 9.18 Å². The van der Waals surface area contributed by atoms with E-state index in [1.165, 1.54) is 23.3 Å². The molecule has 1 aromatic carbocycles. The summed E-state index contributed by atoms with van der Waals surface area (Å²) in [7, 11) is 1.65. The van der Waals surface area contributed by atoms with Crippen LogP contribution in [0.15, 0.2) is 53.3 Å². The van der Waals surface area contributed by atoms with Crippen LogP contribution in [0.5, 0.6) is 5.75 Å². The van der Waals surface area contributed by atoms with Crippen molar-refractivity contribution in [2.45, 2.75) is 13.2 Å². The van der Waals surface area contributed by atoms with Gasteiger partial charge in [-0.25, -0.2) is 9.37 Å². The average molecular weight is 376 g/mol. The van der Waals surface area contributed by atoms with Gasteiger partial charge in [-0.05, 0) is 30.3 Å². The quantitative estimate of drug-likeness (QED) is 0.657. The van der Waals surface area contributed by atoms with Crippen LogP contribution in [0.3, 0.4) is 0 Å². The SMILES string of the molecule is CN(Cc1ccccn1)C(=O)c1coc(COc2ccc(F)cc2Cl)n1. The van der Waals surface area contributed by atoms with Gasteiger partial charge >= 0.3 is 0 Å². The molecule has 0 saturated heterocycles. The highest BCUT2D eigenvalue weighted by atomic mass is 35.5. The Labute approximate surface area is 154 Å². The molecule has 2 aromatic heterocycles. The molecule has 0 fully saturated rings.